The van der Waals surface area contributed by atoms with Gasteiger partial charge < -0.3 is 9.88 Å². The lowest BCUT2D eigenvalue weighted by Gasteiger charge is -2.11. The van der Waals surface area contributed by atoms with Crippen LogP contribution in [0.2, 0.25) is 15.2 Å². The molecular weight excluding hydrogens is 421 g/mol. The molecule has 0 atom stereocenters. The number of amides is 1. The van der Waals surface area contributed by atoms with E-state index in [-0.39, 0.29) is 15.9 Å². The molecule has 28 heavy (non-hydrogen) atoms. The first-order valence-corrected chi connectivity index (χ1v) is 10.0. The normalized spacial score (nSPS) is 13.7. The van der Waals surface area contributed by atoms with Crippen LogP contribution in [-0.4, -0.2) is 25.7 Å². The molecule has 9 heteroatoms. The van der Waals surface area contributed by atoms with E-state index in [1.807, 2.05) is 0 Å². The summed E-state index contributed by atoms with van der Waals surface area (Å²) < 4.78 is 2.11. The Morgan fingerprint density at radius 3 is 2.68 bits per heavy atom. The van der Waals surface area contributed by atoms with Crippen molar-refractivity contribution in [3.8, 4) is 11.4 Å². The number of pyridine rings is 1. The van der Waals surface area contributed by atoms with Gasteiger partial charge in [-0.15, -0.1) is 10.2 Å². The van der Waals surface area contributed by atoms with Gasteiger partial charge in [-0.25, -0.2) is 4.98 Å². The molecule has 3 aromatic rings. The number of nitrogens with one attached hydrogen (secondary N) is 1. The van der Waals surface area contributed by atoms with Crippen molar-refractivity contribution < 1.29 is 4.79 Å². The first-order valence-electron chi connectivity index (χ1n) is 8.88. The molecule has 144 valence electrons. The SMILES string of the molecule is O=C(Nc1ccc(Cl)c(-c2nnc3n2CCCCC3)c1)c1nc(Cl)ccc1Cl. The van der Waals surface area contributed by atoms with Crippen LogP contribution in [0.15, 0.2) is 30.3 Å². The Hall–Kier alpha value is -2.15. The van der Waals surface area contributed by atoms with E-state index in [0.29, 0.717) is 22.1 Å². The van der Waals surface area contributed by atoms with Crippen LogP contribution in [0.4, 0.5) is 5.69 Å². The lowest BCUT2D eigenvalue weighted by molar-refractivity contribution is 0.102. The Kier molecular flexibility index (Phi) is 5.53. The third-order valence-electron chi connectivity index (χ3n) is 4.60. The molecule has 6 nitrogen and oxygen atoms in total. The molecule has 0 unspecified atom stereocenters. The largest absolute Gasteiger partial charge is 0.321 e. The van der Waals surface area contributed by atoms with Gasteiger partial charge in [-0.1, -0.05) is 41.2 Å². The fraction of sp³-hybridized carbons (Fsp3) is 0.263. The number of aryl methyl sites for hydroxylation is 1. The molecule has 1 N–H and O–H groups in total. The summed E-state index contributed by atoms with van der Waals surface area (Å²) >= 11 is 18.4. The van der Waals surface area contributed by atoms with Crippen LogP contribution in [0.3, 0.4) is 0 Å². The number of benzene rings is 1. The summed E-state index contributed by atoms with van der Waals surface area (Å²) in [5.74, 6) is 1.21. The lowest BCUT2D eigenvalue weighted by Crippen LogP contribution is -2.14. The van der Waals surface area contributed by atoms with Crippen molar-refractivity contribution in [1.82, 2.24) is 19.7 Å². The summed E-state index contributed by atoms with van der Waals surface area (Å²) in [6.45, 7) is 0.854. The van der Waals surface area contributed by atoms with E-state index in [0.717, 1.165) is 31.6 Å². The molecule has 1 aliphatic rings. The molecule has 0 aliphatic carbocycles. The molecular formula is C19H16Cl3N5O. The average Bonchev–Trinajstić information content (AvgIpc) is 2.93. The molecule has 0 saturated carbocycles. The average molecular weight is 437 g/mol. The summed E-state index contributed by atoms with van der Waals surface area (Å²) in [6.07, 6.45) is 4.25. The van der Waals surface area contributed by atoms with Gasteiger partial charge in [0.05, 0.1) is 10.0 Å². The number of hydrogen-bond acceptors (Lipinski definition) is 4. The topological polar surface area (TPSA) is 72.7 Å². The molecule has 3 heterocycles. The minimum absolute atomic E-state index is 0.0574. The van der Waals surface area contributed by atoms with Crippen molar-refractivity contribution in [1.29, 1.82) is 0 Å². The van der Waals surface area contributed by atoms with Crippen molar-refractivity contribution in [2.75, 3.05) is 5.32 Å². The van der Waals surface area contributed by atoms with Crippen LogP contribution in [0, 0.1) is 0 Å². The second-order valence-electron chi connectivity index (χ2n) is 6.52. The zero-order valence-electron chi connectivity index (χ0n) is 14.8. The molecule has 1 amide bonds. The van der Waals surface area contributed by atoms with E-state index in [2.05, 4.69) is 25.1 Å². The zero-order valence-corrected chi connectivity index (χ0v) is 17.0. The molecule has 0 bridgehead atoms. The van der Waals surface area contributed by atoms with Crippen molar-refractivity contribution in [3.63, 3.8) is 0 Å². The van der Waals surface area contributed by atoms with E-state index < -0.39 is 5.91 Å². The predicted octanol–water partition coefficient (Wildman–Crippen LogP) is 5.28. The van der Waals surface area contributed by atoms with Crippen LogP contribution in [-0.2, 0) is 13.0 Å². The van der Waals surface area contributed by atoms with Crippen molar-refractivity contribution in [2.24, 2.45) is 0 Å². The van der Waals surface area contributed by atoms with Gasteiger partial charge in [-0.3, -0.25) is 4.79 Å². The standard InChI is InChI=1S/C19H16Cl3N5O/c20-13-6-5-11(23-19(28)17-14(21)7-8-15(22)24-17)10-12(13)18-26-25-16-4-2-1-3-9-27(16)18/h5-8,10H,1-4,9H2,(H,23,28). The predicted molar refractivity (Wildman–Crippen MR) is 110 cm³/mol. The van der Waals surface area contributed by atoms with Crippen LogP contribution in [0.25, 0.3) is 11.4 Å². The molecule has 1 aliphatic heterocycles. The molecule has 4 rings (SSSR count). The van der Waals surface area contributed by atoms with Gasteiger partial charge in [-0.2, -0.15) is 0 Å². The van der Waals surface area contributed by atoms with Crippen LogP contribution in [0.1, 0.15) is 35.6 Å². The molecule has 0 spiro atoms. The van der Waals surface area contributed by atoms with Gasteiger partial charge >= 0.3 is 0 Å². The maximum Gasteiger partial charge on any atom is 0.275 e. The molecule has 0 saturated heterocycles. The molecule has 0 radical (unpaired) electrons. The van der Waals surface area contributed by atoms with E-state index in [4.69, 9.17) is 34.8 Å². The number of halogens is 3. The Morgan fingerprint density at radius 2 is 1.82 bits per heavy atom. The Balaban J connectivity index is 1.66. The number of nitrogens with zero attached hydrogens (tertiary/aromatic N) is 4. The zero-order chi connectivity index (χ0) is 19.7. The second kappa shape index (κ2) is 8.07. The Morgan fingerprint density at radius 1 is 1.00 bits per heavy atom. The third kappa shape index (κ3) is 3.85. The van der Waals surface area contributed by atoms with Crippen molar-refractivity contribution in [2.45, 2.75) is 32.2 Å². The van der Waals surface area contributed by atoms with Crippen LogP contribution in [0.5, 0.6) is 0 Å². The number of fused-ring (bicyclic) bond motifs is 1. The van der Waals surface area contributed by atoms with Crippen LogP contribution < -0.4 is 5.32 Å². The number of carbonyl (C=O) groups is 1. The highest BCUT2D eigenvalue weighted by atomic mass is 35.5. The summed E-state index contributed by atoms with van der Waals surface area (Å²) in [7, 11) is 0. The highest BCUT2D eigenvalue weighted by molar-refractivity contribution is 6.35. The first kappa shape index (κ1) is 19.2. The summed E-state index contributed by atoms with van der Waals surface area (Å²) in [4.78, 5) is 16.6. The maximum absolute atomic E-state index is 12.6. The molecule has 0 fully saturated rings. The monoisotopic (exact) mass is 435 g/mol. The van der Waals surface area contributed by atoms with Crippen molar-refractivity contribution in [3.05, 3.63) is 57.0 Å². The third-order valence-corrected chi connectivity index (χ3v) is 5.45. The number of aromatic nitrogens is 4. The van der Waals surface area contributed by atoms with Gasteiger partial charge in [0.1, 0.15) is 16.7 Å². The summed E-state index contributed by atoms with van der Waals surface area (Å²) in [5.41, 5.74) is 1.32. The second-order valence-corrected chi connectivity index (χ2v) is 7.72. The minimum Gasteiger partial charge on any atom is -0.321 e. The van der Waals surface area contributed by atoms with Crippen LogP contribution >= 0.6 is 34.8 Å². The van der Waals surface area contributed by atoms with Crippen molar-refractivity contribution >= 4 is 46.4 Å². The van der Waals surface area contributed by atoms with Gasteiger partial charge in [0.2, 0.25) is 0 Å². The first-order chi connectivity index (χ1) is 13.5. The number of anilines is 1. The van der Waals surface area contributed by atoms with Gasteiger partial charge in [0, 0.05) is 24.2 Å². The summed E-state index contributed by atoms with van der Waals surface area (Å²) in [5, 5.41) is 12.4. The van der Waals surface area contributed by atoms with E-state index in [1.165, 1.54) is 18.6 Å². The maximum atomic E-state index is 12.6. The fourth-order valence-corrected chi connectivity index (χ4v) is 3.77. The quantitative estimate of drug-likeness (QED) is 0.567. The van der Waals surface area contributed by atoms with E-state index in [9.17, 15) is 4.79 Å². The van der Waals surface area contributed by atoms with Gasteiger partial charge in [-0.05, 0) is 43.2 Å². The highest BCUT2D eigenvalue weighted by Crippen LogP contribution is 2.31. The smallest absolute Gasteiger partial charge is 0.275 e. The van der Waals surface area contributed by atoms with Gasteiger partial charge in [0.25, 0.3) is 5.91 Å². The highest BCUT2D eigenvalue weighted by Gasteiger charge is 2.19. The lowest BCUT2D eigenvalue weighted by atomic mass is 10.1. The van der Waals surface area contributed by atoms with Gasteiger partial charge in [0.15, 0.2) is 5.82 Å². The molecule has 2 aromatic heterocycles. The van der Waals surface area contributed by atoms with E-state index >= 15 is 0 Å². The fourth-order valence-electron chi connectivity index (χ4n) is 3.23. The van der Waals surface area contributed by atoms with E-state index in [1.54, 1.807) is 18.2 Å². The minimum atomic E-state index is -0.458. The number of rotatable bonds is 3. The number of hydrogen-bond donors (Lipinski definition) is 1. The molecule has 1 aromatic carbocycles. The number of carbonyl (C=O) groups excluding carboxylic acids is 1. The Labute approximate surface area is 176 Å². The summed E-state index contributed by atoms with van der Waals surface area (Å²) in [6, 6.07) is 8.27. The Bertz CT molecular complexity index is 1050.